The minimum Gasteiger partial charge on any atom is -0.451 e. The molecule has 0 radical (unpaired) electrons. The second-order valence-corrected chi connectivity index (χ2v) is 7.54. The summed E-state index contributed by atoms with van der Waals surface area (Å²) in [5.41, 5.74) is 7.31. The molecule has 1 aliphatic carbocycles. The highest BCUT2D eigenvalue weighted by Crippen LogP contribution is 2.39. The third kappa shape index (κ3) is 4.19. The van der Waals surface area contributed by atoms with Crippen LogP contribution in [0.5, 0.6) is 0 Å². The van der Waals surface area contributed by atoms with E-state index in [9.17, 15) is 14.4 Å². The fourth-order valence-corrected chi connectivity index (χ4v) is 3.67. The summed E-state index contributed by atoms with van der Waals surface area (Å²) in [6.07, 6.45) is 2.09. The van der Waals surface area contributed by atoms with Crippen LogP contribution >= 0.6 is 11.3 Å². The number of nitrogens with two attached hydrogens (primary N) is 1. The summed E-state index contributed by atoms with van der Waals surface area (Å²) in [5, 5.41) is 9.05. The van der Waals surface area contributed by atoms with E-state index in [0.717, 1.165) is 35.6 Å². The Morgan fingerprint density at radius 2 is 1.97 bits per heavy atom. The third-order valence-corrected chi connectivity index (χ3v) is 5.28. The standard InChI is InChI=1S/C20H18N4O4S/c21-18(26)14-8-9-29-19(14)22-17(25)11-28-20(27)16-10-15(12-6-7-12)23-24(16)13-4-2-1-3-5-13/h1-5,8-10,12H,6-7,11H2,(H2,21,26)(H,22,25). The number of ether oxygens (including phenoxy) is 1. The van der Waals surface area contributed by atoms with Crippen molar-refractivity contribution in [2.24, 2.45) is 5.73 Å². The average Bonchev–Trinajstić information content (AvgIpc) is 3.29. The zero-order valence-corrected chi connectivity index (χ0v) is 16.1. The zero-order chi connectivity index (χ0) is 20.4. The number of esters is 1. The van der Waals surface area contributed by atoms with Crippen LogP contribution in [0.1, 0.15) is 45.3 Å². The van der Waals surface area contributed by atoms with Gasteiger partial charge in [0.1, 0.15) is 5.00 Å². The van der Waals surface area contributed by atoms with Gasteiger partial charge in [-0.15, -0.1) is 11.3 Å². The first-order valence-electron chi connectivity index (χ1n) is 9.02. The number of nitrogens with zero attached hydrogens (tertiary/aromatic N) is 2. The van der Waals surface area contributed by atoms with Gasteiger partial charge in [-0.2, -0.15) is 5.10 Å². The van der Waals surface area contributed by atoms with Gasteiger partial charge in [0, 0.05) is 5.92 Å². The predicted molar refractivity (Wildman–Crippen MR) is 107 cm³/mol. The molecule has 0 saturated heterocycles. The average molecular weight is 410 g/mol. The quantitative estimate of drug-likeness (QED) is 0.581. The van der Waals surface area contributed by atoms with Gasteiger partial charge in [0.2, 0.25) is 0 Å². The first-order valence-corrected chi connectivity index (χ1v) is 9.90. The van der Waals surface area contributed by atoms with Crippen molar-refractivity contribution in [3.63, 3.8) is 0 Å². The van der Waals surface area contributed by atoms with Crippen molar-refractivity contribution >= 4 is 34.1 Å². The molecule has 4 rings (SSSR count). The molecule has 0 spiro atoms. The van der Waals surface area contributed by atoms with Crippen LogP contribution in [0.4, 0.5) is 5.00 Å². The van der Waals surface area contributed by atoms with Crippen LogP contribution in [0.25, 0.3) is 5.69 Å². The Balaban J connectivity index is 1.46. The molecular weight excluding hydrogens is 392 g/mol. The van der Waals surface area contributed by atoms with E-state index in [-0.39, 0.29) is 11.3 Å². The van der Waals surface area contributed by atoms with Crippen LogP contribution in [0.2, 0.25) is 0 Å². The molecule has 1 fully saturated rings. The van der Waals surface area contributed by atoms with E-state index < -0.39 is 24.4 Å². The monoisotopic (exact) mass is 410 g/mol. The molecule has 0 unspecified atom stereocenters. The molecular formula is C20H18N4O4S. The molecule has 1 aromatic carbocycles. The van der Waals surface area contributed by atoms with Crippen LogP contribution in [0.15, 0.2) is 47.8 Å². The Kier molecular flexibility index (Phi) is 5.13. The molecule has 3 aromatic rings. The molecule has 3 N–H and O–H groups in total. The van der Waals surface area contributed by atoms with E-state index in [4.69, 9.17) is 10.5 Å². The molecule has 2 aromatic heterocycles. The summed E-state index contributed by atoms with van der Waals surface area (Å²) in [6, 6.07) is 12.5. The van der Waals surface area contributed by atoms with E-state index in [1.807, 2.05) is 30.3 Å². The number of nitrogens with one attached hydrogen (secondary N) is 1. The second-order valence-electron chi connectivity index (χ2n) is 6.63. The fraction of sp³-hybridized carbons (Fsp3) is 0.200. The molecule has 1 saturated carbocycles. The number of carbonyl (C=O) groups is 3. The Morgan fingerprint density at radius 3 is 2.66 bits per heavy atom. The lowest BCUT2D eigenvalue weighted by Crippen LogP contribution is -2.23. The summed E-state index contributed by atoms with van der Waals surface area (Å²) in [4.78, 5) is 36.1. The zero-order valence-electron chi connectivity index (χ0n) is 15.3. The van der Waals surface area contributed by atoms with Crippen molar-refractivity contribution in [1.29, 1.82) is 0 Å². The second kappa shape index (κ2) is 7.88. The van der Waals surface area contributed by atoms with Gasteiger partial charge in [0.15, 0.2) is 12.3 Å². The van der Waals surface area contributed by atoms with Crippen LogP contribution in [-0.4, -0.2) is 34.2 Å². The number of primary amides is 1. The first-order chi connectivity index (χ1) is 14.0. The van der Waals surface area contributed by atoms with Crippen LogP contribution < -0.4 is 11.1 Å². The van der Waals surface area contributed by atoms with Gasteiger partial charge in [0.25, 0.3) is 11.8 Å². The number of benzene rings is 1. The number of aromatic nitrogens is 2. The maximum Gasteiger partial charge on any atom is 0.357 e. The molecule has 0 atom stereocenters. The molecule has 2 heterocycles. The summed E-state index contributed by atoms with van der Waals surface area (Å²) in [6.45, 7) is -0.492. The SMILES string of the molecule is NC(=O)c1ccsc1NC(=O)COC(=O)c1cc(C2CC2)nn1-c1ccccc1. The Labute approximate surface area is 170 Å². The molecule has 8 nitrogen and oxygen atoms in total. The number of rotatable bonds is 7. The molecule has 29 heavy (non-hydrogen) atoms. The smallest absolute Gasteiger partial charge is 0.357 e. The van der Waals surface area contributed by atoms with Crippen molar-refractivity contribution in [2.45, 2.75) is 18.8 Å². The van der Waals surface area contributed by atoms with Crippen molar-refractivity contribution in [2.75, 3.05) is 11.9 Å². The number of para-hydroxylation sites is 1. The number of anilines is 1. The third-order valence-electron chi connectivity index (χ3n) is 4.45. The minimum absolute atomic E-state index is 0.214. The highest BCUT2D eigenvalue weighted by atomic mass is 32.1. The maximum absolute atomic E-state index is 12.6. The largest absolute Gasteiger partial charge is 0.451 e. The van der Waals surface area contributed by atoms with E-state index in [0.29, 0.717) is 10.9 Å². The number of thiophene rings is 1. The van der Waals surface area contributed by atoms with Gasteiger partial charge in [-0.3, -0.25) is 9.59 Å². The van der Waals surface area contributed by atoms with Crippen LogP contribution in [0, 0.1) is 0 Å². The lowest BCUT2D eigenvalue weighted by Gasteiger charge is -2.08. The summed E-state index contributed by atoms with van der Waals surface area (Å²) in [5.74, 6) is -1.49. The summed E-state index contributed by atoms with van der Waals surface area (Å²) < 4.78 is 6.73. The van der Waals surface area contributed by atoms with Gasteiger partial charge in [-0.25, -0.2) is 9.48 Å². The van der Waals surface area contributed by atoms with Gasteiger partial charge < -0.3 is 15.8 Å². The predicted octanol–water partition coefficient (Wildman–Crippen LogP) is 2.71. The van der Waals surface area contributed by atoms with E-state index in [1.54, 1.807) is 16.1 Å². The first kappa shape index (κ1) is 18.9. The van der Waals surface area contributed by atoms with E-state index in [1.165, 1.54) is 6.07 Å². The van der Waals surface area contributed by atoms with E-state index >= 15 is 0 Å². The molecule has 9 heteroatoms. The Morgan fingerprint density at radius 1 is 1.21 bits per heavy atom. The molecule has 2 amide bonds. The number of hydrogen-bond acceptors (Lipinski definition) is 6. The van der Waals surface area contributed by atoms with Gasteiger partial charge in [-0.05, 0) is 42.5 Å². The van der Waals surface area contributed by atoms with Gasteiger partial charge in [-0.1, -0.05) is 18.2 Å². The molecule has 0 bridgehead atoms. The molecule has 1 aliphatic rings. The van der Waals surface area contributed by atoms with Gasteiger partial charge in [0.05, 0.1) is 16.9 Å². The lowest BCUT2D eigenvalue weighted by atomic mass is 10.2. The highest BCUT2D eigenvalue weighted by molar-refractivity contribution is 7.14. The van der Waals surface area contributed by atoms with Crippen molar-refractivity contribution in [1.82, 2.24) is 9.78 Å². The Bertz CT molecular complexity index is 1070. The summed E-state index contributed by atoms with van der Waals surface area (Å²) in [7, 11) is 0. The highest BCUT2D eigenvalue weighted by Gasteiger charge is 2.29. The van der Waals surface area contributed by atoms with Crippen molar-refractivity contribution in [3.05, 3.63) is 64.8 Å². The fourth-order valence-electron chi connectivity index (χ4n) is 2.86. The normalized spacial score (nSPS) is 13.1. The van der Waals surface area contributed by atoms with Crippen LogP contribution in [-0.2, 0) is 9.53 Å². The Hall–Kier alpha value is -3.46. The molecule has 148 valence electrons. The maximum atomic E-state index is 12.6. The van der Waals surface area contributed by atoms with Crippen LogP contribution in [0.3, 0.4) is 0 Å². The van der Waals surface area contributed by atoms with Gasteiger partial charge >= 0.3 is 5.97 Å². The summed E-state index contributed by atoms with van der Waals surface area (Å²) >= 11 is 1.16. The van der Waals surface area contributed by atoms with E-state index in [2.05, 4.69) is 10.4 Å². The minimum atomic E-state index is -0.648. The number of hydrogen-bond donors (Lipinski definition) is 2. The lowest BCUT2D eigenvalue weighted by molar-refractivity contribution is -0.119. The van der Waals surface area contributed by atoms with Crippen molar-refractivity contribution in [3.8, 4) is 5.69 Å². The van der Waals surface area contributed by atoms with Crippen molar-refractivity contribution < 1.29 is 19.1 Å². The molecule has 0 aliphatic heterocycles. The number of carbonyl (C=O) groups excluding carboxylic acids is 3. The number of amides is 2. The topological polar surface area (TPSA) is 116 Å².